The first kappa shape index (κ1) is 12.8. The lowest BCUT2D eigenvalue weighted by Crippen LogP contribution is -2.38. The number of carbonyl (C=O) groups excluding carboxylic acids is 1. The summed E-state index contributed by atoms with van der Waals surface area (Å²) in [6, 6.07) is 8.24. The van der Waals surface area contributed by atoms with E-state index in [2.05, 4.69) is 15.5 Å². The summed E-state index contributed by atoms with van der Waals surface area (Å²) in [5, 5.41) is 9.31. The van der Waals surface area contributed by atoms with Gasteiger partial charge in [0.2, 0.25) is 5.91 Å². The van der Waals surface area contributed by atoms with Gasteiger partial charge >= 0.3 is 0 Å². The largest absolute Gasteiger partial charge is 0.310 e. The van der Waals surface area contributed by atoms with Gasteiger partial charge in [-0.25, -0.2) is 4.39 Å². The van der Waals surface area contributed by atoms with Crippen molar-refractivity contribution in [1.82, 2.24) is 10.2 Å². The summed E-state index contributed by atoms with van der Waals surface area (Å²) >= 11 is 0. The zero-order valence-electron chi connectivity index (χ0n) is 11.0. The third-order valence-electron chi connectivity index (χ3n) is 4.03. The summed E-state index contributed by atoms with van der Waals surface area (Å²) in [6.07, 6.45) is 4.79. The van der Waals surface area contributed by atoms with Crippen molar-refractivity contribution in [2.75, 3.05) is 5.32 Å². The van der Waals surface area contributed by atoms with Gasteiger partial charge in [-0.3, -0.25) is 9.89 Å². The molecule has 1 fully saturated rings. The SMILES string of the molecule is O=C(Nc1ccn[nH]1)C1(c2ccccc2F)CCCC1. The number of H-pyrrole nitrogens is 1. The molecule has 3 rings (SSSR count). The van der Waals surface area contributed by atoms with E-state index < -0.39 is 5.41 Å². The molecule has 0 aliphatic heterocycles. The molecule has 1 aromatic heterocycles. The van der Waals surface area contributed by atoms with Gasteiger partial charge in [-0.15, -0.1) is 0 Å². The fraction of sp³-hybridized carbons (Fsp3) is 0.333. The van der Waals surface area contributed by atoms with E-state index in [0.717, 1.165) is 12.8 Å². The Bertz CT molecular complexity index is 603. The maximum atomic E-state index is 14.1. The molecule has 5 heteroatoms. The fourth-order valence-electron chi connectivity index (χ4n) is 3.01. The van der Waals surface area contributed by atoms with Crippen LogP contribution in [0.5, 0.6) is 0 Å². The number of anilines is 1. The Labute approximate surface area is 116 Å². The number of aromatic nitrogens is 2. The van der Waals surface area contributed by atoms with Gasteiger partial charge in [0, 0.05) is 11.6 Å². The summed E-state index contributed by atoms with van der Waals surface area (Å²) < 4.78 is 14.1. The van der Waals surface area contributed by atoms with Gasteiger partial charge in [0.05, 0.1) is 11.6 Å². The van der Waals surface area contributed by atoms with Gasteiger partial charge in [-0.05, 0) is 18.9 Å². The van der Waals surface area contributed by atoms with Gasteiger partial charge in [0.15, 0.2) is 0 Å². The quantitative estimate of drug-likeness (QED) is 0.903. The van der Waals surface area contributed by atoms with Gasteiger partial charge in [0.1, 0.15) is 11.6 Å². The number of rotatable bonds is 3. The van der Waals surface area contributed by atoms with Crippen LogP contribution in [0.15, 0.2) is 36.5 Å². The van der Waals surface area contributed by atoms with E-state index in [0.29, 0.717) is 24.2 Å². The zero-order valence-corrected chi connectivity index (χ0v) is 11.0. The molecule has 0 radical (unpaired) electrons. The predicted molar refractivity (Wildman–Crippen MR) is 73.8 cm³/mol. The number of hydrogen-bond donors (Lipinski definition) is 2. The molecule has 20 heavy (non-hydrogen) atoms. The normalized spacial score (nSPS) is 17.1. The van der Waals surface area contributed by atoms with E-state index in [-0.39, 0.29) is 11.7 Å². The number of nitrogens with zero attached hydrogens (tertiary/aromatic N) is 1. The Balaban J connectivity index is 1.96. The van der Waals surface area contributed by atoms with E-state index in [1.807, 2.05) is 0 Å². The monoisotopic (exact) mass is 273 g/mol. The second kappa shape index (κ2) is 5.07. The van der Waals surface area contributed by atoms with Crippen LogP contribution in [0.3, 0.4) is 0 Å². The lowest BCUT2D eigenvalue weighted by Gasteiger charge is -2.28. The maximum Gasteiger partial charge on any atom is 0.236 e. The molecule has 0 spiro atoms. The average molecular weight is 273 g/mol. The Hall–Kier alpha value is -2.17. The van der Waals surface area contributed by atoms with Crippen molar-refractivity contribution in [2.45, 2.75) is 31.1 Å². The first-order chi connectivity index (χ1) is 9.72. The highest BCUT2D eigenvalue weighted by atomic mass is 19.1. The molecule has 4 nitrogen and oxygen atoms in total. The van der Waals surface area contributed by atoms with Crippen molar-refractivity contribution >= 4 is 11.7 Å². The Morgan fingerprint density at radius 1 is 1.25 bits per heavy atom. The number of amides is 1. The second-order valence-corrected chi connectivity index (χ2v) is 5.19. The molecule has 0 unspecified atom stereocenters. The van der Waals surface area contributed by atoms with E-state index in [9.17, 15) is 9.18 Å². The van der Waals surface area contributed by atoms with Gasteiger partial charge in [-0.1, -0.05) is 31.0 Å². The lowest BCUT2D eigenvalue weighted by atomic mass is 9.77. The first-order valence-corrected chi connectivity index (χ1v) is 6.78. The van der Waals surface area contributed by atoms with Crippen LogP contribution in [0.2, 0.25) is 0 Å². The molecular formula is C15H16FN3O. The third kappa shape index (κ3) is 2.09. The number of benzene rings is 1. The van der Waals surface area contributed by atoms with Crippen molar-refractivity contribution < 1.29 is 9.18 Å². The van der Waals surface area contributed by atoms with Crippen LogP contribution in [-0.4, -0.2) is 16.1 Å². The van der Waals surface area contributed by atoms with E-state index in [1.54, 1.807) is 30.5 Å². The van der Waals surface area contributed by atoms with Crippen LogP contribution in [0.4, 0.5) is 10.2 Å². The van der Waals surface area contributed by atoms with Crippen molar-refractivity contribution in [3.8, 4) is 0 Å². The summed E-state index contributed by atoms with van der Waals surface area (Å²) in [6.45, 7) is 0. The molecule has 2 N–H and O–H groups in total. The first-order valence-electron chi connectivity index (χ1n) is 6.78. The van der Waals surface area contributed by atoms with Gasteiger partial charge in [0.25, 0.3) is 0 Å². The highest BCUT2D eigenvalue weighted by molar-refractivity contribution is 5.98. The molecule has 2 aromatic rings. The Morgan fingerprint density at radius 3 is 2.65 bits per heavy atom. The van der Waals surface area contributed by atoms with Crippen LogP contribution < -0.4 is 5.32 Å². The lowest BCUT2D eigenvalue weighted by molar-refractivity contribution is -0.121. The number of halogens is 1. The van der Waals surface area contributed by atoms with E-state index in [1.165, 1.54) is 6.07 Å². The maximum absolute atomic E-state index is 14.1. The number of hydrogen-bond acceptors (Lipinski definition) is 2. The molecule has 0 saturated heterocycles. The fourth-order valence-corrected chi connectivity index (χ4v) is 3.01. The van der Waals surface area contributed by atoms with Crippen molar-refractivity contribution in [2.24, 2.45) is 0 Å². The summed E-state index contributed by atoms with van der Waals surface area (Å²) in [5.74, 6) is 0.0659. The number of aromatic amines is 1. The minimum Gasteiger partial charge on any atom is -0.310 e. The Morgan fingerprint density at radius 2 is 2.00 bits per heavy atom. The molecule has 104 valence electrons. The van der Waals surface area contributed by atoms with Crippen LogP contribution in [0, 0.1) is 5.82 Å². The zero-order chi connectivity index (χ0) is 14.0. The summed E-state index contributed by atoms with van der Waals surface area (Å²) in [5.41, 5.74) is -0.272. The predicted octanol–water partition coefficient (Wildman–Crippen LogP) is 3.00. The molecular weight excluding hydrogens is 257 g/mol. The van der Waals surface area contributed by atoms with Crippen LogP contribution in [0.25, 0.3) is 0 Å². The van der Waals surface area contributed by atoms with E-state index in [4.69, 9.17) is 0 Å². The standard InChI is InChI=1S/C15H16FN3O/c16-12-6-2-1-5-11(12)15(8-3-4-9-15)14(20)18-13-7-10-17-19-13/h1-2,5-7,10H,3-4,8-9H2,(H2,17,18,19,20). The summed E-state index contributed by atoms with van der Waals surface area (Å²) in [4.78, 5) is 12.7. The molecule has 1 amide bonds. The highest BCUT2D eigenvalue weighted by Gasteiger charge is 2.44. The average Bonchev–Trinajstić information content (AvgIpc) is 3.10. The molecule has 1 aromatic carbocycles. The van der Waals surface area contributed by atoms with Crippen molar-refractivity contribution in [1.29, 1.82) is 0 Å². The third-order valence-corrected chi connectivity index (χ3v) is 4.03. The second-order valence-electron chi connectivity index (χ2n) is 5.19. The molecule has 1 heterocycles. The molecule has 0 bridgehead atoms. The smallest absolute Gasteiger partial charge is 0.236 e. The highest BCUT2D eigenvalue weighted by Crippen LogP contribution is 2.42. The topological polar surface area (TPSA) is 57.8 Å². The summed E-state index contributed by atoms with van der Waals surface area (Å²) in [7, 11) is 0. The minimum absolute atomic E-state index is 0.163. The van der Waals surface area contributed by atoms with Gasteiger partial charge in [-0.2, -0.15) is 5.10 Å². The van der Waals surface area contributed by atoms with Crippen molar-refractivity contribution in [3.05, 3.63) is 47.9 Å². The van der Waals surface area contributed by atoms with Crippen molar-refractivity contribution in [3.63, 3.8) is 0 Å². The molecule has 1 aliphatic carbocycles. The van der Waals surface area contributed by atoms with Crippen LogP contribution in [-0.2, 0) is 10.2 Å². The van der Waals surface area contributed by atoms with E-state index >= 15 is 0 Å². The Kier molecular flexibility index (Phi) is 3.26. The van der Waals surface area contributed by atoms with Crippen LogP contribution >= 0.6 is 0 Å². The molecule has 0 atom stereocenters. The number of carbonyl (C=O) groups is 1. The minimum atomic E-state index is -0.767. The molecule has 1 saturated carbocycles. The van der Waals surface area contributed by atoms with Gasteiger partial charge < -0.3 is 5.32 Å². The van der Waals surface area contributed by atoms with Crippen LogP contribution in [0.1, 0.15) is 31.2 Å². The number of nitrogens with one attached hydrogen (secondary N) is 2. The molecule has 1 aliphatic rings.